The van der Waals surface area contributed by atoms with E-state index >= 15 is 0 Å². The fourth-order valence-electron chi connectivity index (χ4n) is 2.43. The highest BCUT2D eigenvalue weighted by Crippen LogP contribution is 2.25. The first-order valence-corrected chi connectivity index (χ1v) is 7.75. The number of carbonyl (C=O) groups excluding carboxylic acids is 2. The molecule has 0 radical (unpaired) electrons. The van der Waals surface area contributed by atoms with Crippen molar-refractivity contribution in [1.29, 1.82) is 0 Å². The molecule has 1 amide bonds. The average Bonchev–Trinajstić information content (AvgIpc) is 2.55. The number of carbonyl (C=O) groups is 2. The molecule has 1 atom stereocenters. The molecule has 0 saturated carbocycles. The van der Waals surface area contributed by atoms with E-state index in [0.717, 1.165) is 22.7 Å². The first-order chi connectivity index (χ1) is 11.5. The minimum absolute atomic E-state index is 0.104. The third-order valence-electron chi connectivity index (χ3n) is 3.56. The smallest absolute Gasteiger partial charge is 0.221 e. The number of ether oxygens (including phenoxy) is 1. The van der Waals surface area contributed by atoms with E-state index in [1.165, 1.54) is 6.92 Å². The molecule has 0 fully saturated rings. The van der Waals surface area contributed by atoms with Crippen LogP contribution in [0.2, 0.25) is 0 Å². The Hall–Kier alpha value is -2.82. The number of Topliss-reactive ketones (excluding diaryl/α,β-unsaturated/α-hetero) is 1. The van der Waals surface area contributed by atoms with Gasteiger partial charge in [-0.3, -0.25) is 9.59 Å². The minimum atomic E-state index is -0.137. The van der Waals surface area contributed by atoms with Gasteiger partial charge in [-0.2, -0.15) is 0 Å². The molecule has 0 aliphatic heterocycles. The summed E-state index contributed by atoms with van der Waals surface area (Å²) in [4.78, 5) is 22.7. The number of nitrogens with one attached hydrogen (secondary N) is 2. The Balaban J connectivity index is 2.17. The summed E-state index contributed by atoms with van der Waals surface area (Å²) in [6.45, 7) is 3.05. The van der Waals surface area contributed by atoms with Gasteiger partial charge in [0.1, 0.15) is 11.5 Å². The van der Waals surface area contributed by atoms with Gasteiger partial charge >= 0.3 is 0 Å². The van der Waals surface area contributed by atoms with Crippen LogP contribution in [0.4, 0.5) is 11.4 Å². The fraction of sp³-hybridized carbons (Fsp3) is 0.263. The molecule has 126 valence electrons. The zero-order valence-corrected chi connectivity index (χ0v) is 14.1. The Morgan fingerprint density at radius 3 is 2.04 bits per heavy atom. The maximum Gasteiger partial charge on any atom is 0.221 e. The van der Waals surface area contributed by atoms with Gasteiger partial charge in [-0.25, -0.2) is 0 Å². The van der Waals surface area contributed by atoms with E-state index in [9.17, 15) is 9.59 Å². The predicted molar refractivity (Wildman–Crippen MR) is 95.4 cm³/mol. The number of ketones is 1. The molecule has 0 aliphatic carbocycles. The lowest BCUT2D eigenvalue weighted by Gasteiger charge is -2.20. The standard InChI is InChI=1S/C19H22N2O3/c1-13(22)12-19(21-17-8-10-18(24-3)11-9-17)15-4-6-16(7-5-15)20-14(2)23/h4-11,19,21H,12H2,1-3H3,(H,20,23)/t19-/m0/s1. The van der Waals surface area contributed by atoms with Gasteiger partial charge in [-0.15, -0.1) is 0 Å². The zero-order valence-electron chi connectivity index (χ0n) is 14.1. The van der Waals surface area contributed by atoms with Crippen LogP contribution in [0.5, 0.6) is 5.75 Å². The van der Waals surface area contributed by atoms with Crippen LogP contribution >= 0.6 is 0 Å². The molecule has 24 heavy (non-hydrogen) atoms. The van der Waals surface area contributed by atoms with E-state index in [4.69, 9.17) is 4.74 Å². The molecule has 5 nitrogen and oxygen atoms in total. The van der Waals surface area contributed by atoms with Crippen molar-refractivity contribution in [3.63, 3.8) is 0 Å². The maximum absolute atomic E-state index is 11.6. The largest absolute Gasteiger partial charge is 0.497 e. The molecule has 0 unspecified atom stereocenters. The van der Waals surface area contributed by atoms with E-state index in [1.54, 1.807) is 14.0 Å². The molecular weight excluding hydrogens is 304 g/mol. The summed E-state index contributed by atoms with van der Waals surface area (Å²) in [5.74, 6) is 0.773. The second kappa shape index (κ2) is 8.15. The van der Waals surface area contributed by atoms with Gasteiger partial charge in [0.25, 0.3) is 0 Å². The van der Waals surface area contributed by atoms with Gasteiger partial charge in [0.05, 0.1) is 13.2 Å². The second-order valence-corrected chi connectivity index (χ2v) is 5.63. The molecule has 0 heterocycles. The van der Waals surface area contributed by atoms with Crippen molar-refractivity contribution in [2.45, 2.75) is 26.3 Å². The van der Waals surface area contributed by atoms with Crippen LogP contribution in [0.1, 0.15) is 31.9 Å². The van der Waals surface area contributed by atoms with Crippen LogP contribution in [0.15, 0.2) is 48.5 Å². The lowest BCUT2D eigenvalue weighted by Crippen LogP contribution is -2.14. The fourth-order valence-corrected chi connectivity index (χ4v) is 2.43. The summed E-state index contributed by atoms with van der Waals surface area (Å²) >= 11 is 0. The van der Waals surface area contributed by atoms with Crippen LogP contribution in [0.25, 0.3) is 0 Å². The third-order valence-corrected chi connectivity index (χ3v) is 3.56. The summed E-state index contributed by atoms with van der Waals surface area (Å²) in [7, 11) is 1.62. The third kappa shape index (κ3) is 5.12. The Bertz CT molecular complexity index is 694. The van der Waals surface area contributed by atoms with Gasteiger partial charge in [0.2, 0.25) is 5.91 Å². The quantitative estimate of drug-likeness (QED) is 0.812. The Kier molecular flexibility index (Phi) is 5.95. The summed E-state index contributed by atoms with van der Waals surface area (Å²) in [6, 6.07) is 14.9. The van der Waals surface area contributed by atoms with E-state index in [0.29, 0.717) is 6.42 Å². The van der Waals surface area contributed by atoms with Gasteiger partial charge in [-0.1, -0.05) is 12.1 Å². The van der Waals surface area contributed by atoms with E-state index < -0.39 is 0 Å². The number of benzene rings is 2. The van der Waals surface area contributed by atoms with Gasteiger partial charge in [0, 0.05) is 24.7 Å². The number of amides is 1. The molecule has 0 spiro atoms. The first kappa shape index (κ1) is 17.5. The topological polar surface area (TPSA) is 67.4 Å². The van der Waals surface area contributed by atoms with E-state index in [-0.39, 0.29) is 17.7 Å². The van der Waals surface area contributed by atoms with Gasteiger partial charge in [-0.05, 0) is 48.9 Å². The van der Waals surface area contributed by atoms with Gasteiger partial charge < -0.3 is 15.4 Å². The number of rotatable bonds is 7. The molecule has 0 aliphatic rings. The molecule has 2 N–H and O–H groups in total. The normalized spacial score (nSPS) is 11.5. The molecular formula is C19H22N2O3. The molecule has 0 saturated heterocycles. The van der Waals surface area contributed by atoms with Crippen molar-refractivity contribution in [2.24, 2.45) is 0 Å². The first-order valence-electron chi connectivity index (χ1n) is 7.75. The molecule has 0 aromatic heterocycles. The Morgan fingerprint density at radius 1 is 0.958 bits per heavy atom. The van der Waals surface area contributed by atoms with E-state index in [1.807, 2.05) is 48.5 Å². The summed E-state index contributed by atoms with van der Waals surface area (Å²) < 4.78 is 5.15. The molecule has 0 bridgehead atoms. The van der Waals surface area contributed by atoms with Crippen molar-refractivity contribution in [1.82, 2.24) is 0 Å². The number of anilines is 2. The van der Waals surface area contributed by atoms with Crippen LogP contribution in [0, 0.1) is 0 Å². The minimum Gasteiger partial charge on any atom is -0.497 e. The van der Waals surface area contributed by atoms with Crippen LogP contribution < -0.4 is 15.4 Å². The average molecular weight is 326 g/mol. The summed E-state index contributed by atoms with van der Waals surface area (Å²) in [6.07, 6.45) is 0.380. The SMILES string of the molecule is COc1ccc(N[C@@H](CC(C)=O)c2ccc(NC(C)=O)cc2)cc1. The van der Waals surface area contributed by atoms with Crippen molar-refractivity contribution in [2.75, 3.05) is 17.7 Å². The van der Waals surface area contributed by atoms with Crippen LogP contribution in [-0.2, 0) is 9.59 Å². The van der Waals surface area contributed by atoms with Crippen molar-refractivity contribution >= 4 is 23.1 Å². The lowest BCUT2D eigenvalue weighted by atomic mass is 10.0. The molecule has 5 heteroatoms. The highest BCUT2D eigenvalue weighted by atomic mass is 16.5. The number of hydrogen-bond donors (Lipinski definition) is 2. The summed E-state index contributed by atoms with van der Waals surface area (Å²) in [5.41, 5.74) is 2.63. The molecule has 2 rings (SSSR count). The van der Waals surface area contributed by atoms with Crippen LogP contribution in [-0.4, -0.2) is 18.8 Å². The zero-order chi connectivity index (χ0) is 17.5. The van der Waals surface area contributed by atoms with Crippen molar-refractivity contribution in [3.05, 3.63) is 54.1 Å². The van der Waals surface area contributed by atoms with Crippen molar-refractivity contribution < 1.29 is 14.3 Å². The Morgan fingerprint density at radius 2 is 1.54 bits per heavy atom. The van der Waals surface area contributed by atoms with Crippen LogP contribution in [0.3, 0.4) is 0 Å². The summed E-state index contributed by atoms with van der Waals surface area (Å²) in [5, 5.41) is 6.11. The second-order valence-electron chi connectivity index (χ2n) is 5.63. The predicted octanol–water partition coefficient (Wildman–Crippen LogP) is 3.79. The number of methoxy groups -OCH3 is 1. The Labute approximate surface area is 142 Å². The van der Waals surface area contributed by atoms with E-state index in [2.05, 4.69) is 10.6 Å². The maximum atomic E-state index is 11.6. The van der Waals surface area contributed by atoms with Gasteiger partial charge in [0.15, 0.2) is 0 Å². The lowest BCUT2D eigenvalue weighted by molar-refractivity contribution is -0.117. The highest BCUT2D eigenvalue weighted by molar-refractivity contribution is 5.88. The highest BCUT2D eigenvalue weighted by Gasteiger charge is 2.14. The number of hydrogen-bond acceptors (Lipinski definition) is 4. The molecule has 2 aromatic carbocycles. The monoisotopic (exact) mass is 326 g/mol. The van der Waals surface area contributed by atoms with Crippen molar-refractivity contribution in [3.8, 4) is 5.75 Å². The molecule has 2 aromatic rings.